The molecule has 0 spiro atoms. The zero-order valence-corrected chi connectivity index (χ0v) is 23.7. The number of aryl methyl sites for hydroxylation is 1. The van der Waals surface area contributed by atoms with Gasteiger partial charge in [0.05, 0.1) is 10.3 Å². The molecule has 4 heterocycles. The van der Waals surface area contributed by atoms with Crippen LogP contribution in [0.1, 0.15) is 60.3 Å². The van der Waals surface area contributed by atoms with Crippen LogP contribution in [0.4, 0.5) is 5.82 Å². The third kappa shape index (κ3) is 4.60. The van der Waals surface area contributed by atoms with Crippen molar-refractivity contribution in [3.8, 4) is 0 Å². The molecule has 8 nitrogen and oxygen atoms in total. The highest BCUT2D eigenvalue weighted by Crippen LogP contribution is 2.40. The number of rotatable bonds is 4. The van der Waals surface area contributed by atoms with Crippen molar-refractivity contribution in [1.82, 2.24) is 19.2 Å². The Hall–Kier alpha value is -2.56. The molecule has 1 aliphatic carbocycles. The van der Waals surface area contributed by atoms with Gasteiger partial charge in [0.2, 0.25) is 10.0 Å². The van der Waals surface area contributed by atoms with Crippen LogP contribution in [0.25, 0.3) is 10.2 Å². The van der Waals surface area contributed by atoms with Gasteiger partial charge in [-0.3, -0.25) is 4.79 Å². The van der Waals surface area contributed by atoms with Crippen molar-refractivity contribution in [3.63, 3.8) is 0 Å². The Bertz CT molecular complexity index is 1450. The molecule has 1 amide bonds. The van der Waals surface area contributed by atoms with Crippen LogP contribution in [-0.2, 0) is 22.9 Å². The molecule has 2 saturated heterocycles. The Morgan fingerprint density at radius 1 is 0.974 bits per heavy atom. The van der Waals surface area contributed by atoms with E-state index in [1.54, 1.807) is 34.9 Å². The number of sulfonamides is 1. The Morgan fingerprint density at radius 2 is 1.74 bits per heavy atom. The molecule has 3 aliphatic rings. The smallest absolute Gasteiger partial charge is 0.253 e. The van der Waals surface area contributed by atoms with Gasteiger partial charge in [0.1, 0.15) is 17.0 Å². The average Bonchev–Trinajstić information content (AvgIpc) is 3.30. The van der Waals surface area contributed by atoms with E-state index >= 15 is 0 Å². The second kappa shape index (κ2) is 10.2. The van der Waals surface area contributed by atoms with Crippen LogP contribution >= 0.6 is 11.3 Å². The van der Waals surface area contributed by atoms with E-state index in [1.165, 1.54) is 22.2 Å². The molecule has 202 valence electrons. The number of carbonyl (C=O) groups excluding carboxylic acids is 1. The first kappa shape index (κ1) is 25.7. The Balaban J connectivity index is 1.14. The van der Waals surface area contributed by atoms with Crippen LogP contribution in [0.3, 0.4) is 0 Å². The quantitative estimate of drug-likeness (QED) is 0.478. The molecule has 2 fully saturated rings. The molecule has 0 N–H and O–H groups in total. The summed E-state index contributed by atoms with van der Waals surface area (Å²) in [5.74, 6) is 1.65. The van der Waals surface area contributed by atoms with E-state index in [-0.39, 0.29) is 16.8 Å². The largest absolute Gasteiger partial charge is 0.352 e. The van der Waals surface area contributed by atoms with Gasteiger partial charge in [-0.05, 0) is 74.8 Å². The fraction of sp³-hybridized carbons (Fsp3) is 0.536. The number of thiophene rings is 1. The van der Waals surface area contributed by atoms with Crippen LogP contribution < -0.4 is 4.90 Å². The molecule has 6 rings (SSSR count). The summed E-state index contributed by atoms with van der Waals surface area (Å²) in [5.41, 5.74) is 1.95. The third-order valence-electron chi connectivity index (χ3n) is 8.39. The number of fused-ring (bicyclic) bond motifs is 3. The SMILES string of the molecule is CC1CCc2c(sc3ncnc(N4CCN(C(=O)c5ccc(S(=O)(=O)N6CCCCC6C)cc5)CC4)c23)C1. The van der Waals surface area contributed by atoms with Gasteiger partial charge in [-0.2, -0.15) is 4.31 Å². The number of benzene rings is 1. The summed E-state index contributed by atoms with van der Waals surface area (Å²) in [4.78, 5) is 29.5. The van der Waals surface area contributed by atoms with Crippen molar-refractivity contribution < 1.29 is 13.2 Å². The summed E-state index contributed by atoms with van der Waals surface area (Å²) in [6, 6.07) is 6.48. The van der Waals surface area contributed by atoms with Crippen molar-refractivity contribution in [1.29, 1.82) is 0 Å². The van der Waals surface area contributed by atoms with Crippen molar-refractivity contribution >= 4 is 43.3 Å². The van der Waals surface area contributed by atoms with Gasteiger partial charge in [0.25, 0.3) is 5.91 Å². The number of hydrogen-bond acceptors (Lipinski definition) is 7. The molecule has 2 aliphatic heterocycles. The molecule has 0 radical (unpaired) electrons. The minimum absolute atomic E-state index is 0.00520. The highest BCUT2D eigenvalue weighted by Gasteiger charge is 2.32. The summed E-state index contributed by atoms with van der Waals surface area (Å²) in [6.45, 7) is 7.45. The summed E-state index contributed by atoms with van der Waals surface area (Å²) in [7, 11) is -3.55. The van der Waals surface area contributed by atoms with Crippen LogP contribution in [0, 0.1) is 5.92 Å². The Labute approximate surface area is 228 Å². The lowest BCUT2D eigenvalue weighted by atomic mass is 9.89. The van der Waals surface area contributed by atoms with Gasteiger partial charge in [0, 0.05) is 49.2 Å². The second-order valence-corrected chi connectivity index (χ2v) is 14.0. The van der Waals surface area contributed by atoms with Gasteiger partial charge in [0.15, 0.2) is 0 Å². The molecule has 3 aromatic rings. The molecule has 10 heteroatoms. The van der Waals surface area contributed by atoms with E-state index < -0.39 is 10.0 Å². The number of hydrogen-bond donors (Lipinski definition) is 0. The fourth-order valence-electron chi connectivity index (χ4n) is 6.14. The van der Waals surface area contributed by atoms with Crippen LogP contribution in [-0.4, -0.2) is 72.3 Å². The van der Waals surface area contributed by atoms with Gasteiger partial charge in [-0.1, -0.05) is 13.3 Å². The van der Waals surface area contributed by atoms with Crippen molar-refractivity contribution in [2.45, 2.75) is 63.3 Å². The zero-order valence-electron chi connectivity index (χ0n) is 22.1. The van der Waals surface area contributed by atoms with Gasteiger partial charge < -0.3 is 9.80 Å². The van der Waals surface area contributed by atoms with Crippen molar-refractivity contribution in [3.05, 3.63) is 46.6 Å². The van der Waals surface area contributed by atoms with Gasteiger partial charge in [-0.15, -0.1) is 11.3 Å². The van der Waals surface area contributed by atoms with E-state index in [4.69, 9.17) is 4.98 Å². The first-order chi connectivity index (χ1) is 18.3. The first-order valence-corrected chi connectivity index (χ1v) is 16.0. The number of piperazine rings is 1. The Morgan fingerprint density at radius 3 is 2.47 bits per heavy atom. The second-order valence-electron chi connectivity index (χ2n) is 11.0. The normalized spacial score (nSPS) is 23.0. The number of carbonyl (C=O) groups is 1. The molecular formula is C28H35N5O3S2. The first-order valence-electron chi connectivity index (χ1n) is 13.7. The average molecular weight is 554 g/mol. The van der Waals surface area contributed by atoms with E-state index in [0.29, 0.717) is 44.2 Å². The maximum atomic E-state index is 13.3. The lowest BCUT2D eigenvalue weighted by Gasteiger charge is -2.36. The molecule has 1 aromatic carbocycles. The van der Waals surface area contributed by atoms with Crippen molar-refractivity contribution in [2.24, 2.45) is 5.92 Å². The maximum Gasteiger partial charge on any atom is 0.253 e. The van der Waals surface area contributed by atoms with Crippen LogP contribution in [0.15, 0.2) is 35.5 Å². The van der Waals surface area contributed by atoms with Gasteiger partial charge in [-0.25, -0.2) is 18.4 Å². The summed E-state index contributed by atoms with van der Waals surface area (Å²) >= 11 is 1.81. The van der Waals surface area contributed by atoms with Crippen LogP contribution in [0.2, 0.25) is 0 Å². The highest BCUT2D eigenvalue weighted by molar-refractivity contribution is 7.89. The van der Waals surface area contributed by atoms with E-state index in [9.17, 15) is 13.2 Å². The molecule has 38 heavy (non-hydrogen) atoms. The predicted octanol–water partition coefficient (Wildman–Crippen LogP) is 4.34. The predicted molar refractivity (Wildman–Crippen MR) is 150 cm³/mol. The number of amides is 1. The summed E-state index contributed by atoms with van der Waals surface area (Å²) < 4.78 is 27.9. The molecular weight excluding hydrogens is 518 g/mol. The monoisotopic (exact) mass is 553 g/mol. The van der Waals surface area contributed by atoms with Crippen LogP contribution in [0.5, 0.6) is 0 Å². The minimum Gasteiger partial charge on any atom is -0.352 e. The topological polar surface area (TPSA) is 86.7 Å². The molecule has 2 unspecified atom stereocenters. The lowest BCUT2D eigenvalue weighted by Crippen LogP contribution is -2.49. The molecule has 2 atom stereocenters. The molecule has 0 bridgehead atoms. The van der Waals surface area contributed by atoms with Gasteiger partial charge >= 0.3 is 0 Å². The number of anilines is 1. The van der Waals surface area contributed by atoms with E-state index in [0.717, 1.165) is 42.8 Å². The van der Waals surface area contributed by atoms with E-state index in [2.05, 4.69) is 16.8 Å². The summed E-state index contributed by atoms with van der Waals surface area (Å²) in [6.07, 6.45) is 7.90. The van der Waals surface area contributed by atoms with E-state index in [1.807, 2.05) is 23.2 Å². The lowest BCUT2D eigenvalue weighted by molar-refractivity contribution is 0.0746. The number of aromatic nitrogens is 2. The number of nitrogens with zero attached hydrogens (tertiary/aromatic N) is 5. The third-order valence-corrected chi connectivity index (χ3v) is 11.6. The summed E-state index contributed by atoms with van der Waals surface area (Å²) in [5, 5.41) is 1.21. The molecule has 0 saturated carbocycles. The number of piperidine rings is 1. The maximum absolute atomic E-state index is 13.3. The van der Waals surface area contributed by atoms with Crippen molar-refractivity contribution in [2.75, 3.05) is 37.6 Å². The minimum atomic E-state index is -3.55. The zero-order chi connectivity index (χ0) is 26.4. The fourth-order valence-corrected chi connectivity index (χ4v) is 9.18. The highest BCUT2D eigenvalue weighted by atomic mass is 32.2. The molecule has 2 aromatic heterocycles. The Kier molecular flexibility index (Phi) is 6.90. The standard InChI is InChI=1S/C28H35N5O3S2/c1-19-6-11-23-24(17-19)37-27-25(23)26(29-18-30-27)31-13-15-32(16-14-31)28(34)21-7-9-22(10-8-21)38(35,36)33-12-4-3-5-20(33)2/h7-10,18-20H,3-6,11-17H2,1-2H3.